The molecule has 0 spiro atoms. The Hall–Kier alpha value is -1.55. The first kappa shape index (κ1) is 12.5. The molecule has 1 unspecified atom stereocenters. The van der Waals surface area contributed by atoms with Crippen LogP contribution in [0.3, 0.4) is 0 Å². The number of benzene rings is 1. The molecule has 1 rings (SSSR count). The maximum Gasteiger partial charge on any atom is 0.307 e. The number of aliphatic carboxylic acids is 1. The highest BCUT2D eigenvalue weighted by Crippen LogP contribution is 2.14. The summed E-state index contributed by atoms with van der Waals surface area (Å²) in [4.78, 5) is 10.5. The van der Waals surface area contributed by atoms with Gasteiger partial charge in [0, 0.05) is 6.42 Å². The van der Waals surface area contributed by atoms with E-state index in [1.807, 2.05) is 0 Å². The van der Waals surface area contributed by atoms with E-state index in [9.17, 15) is 4.79 Å². The van der Waals surface area contributed by atoms with Crippen molar-refractivity contribution in [3.05, 3.63) is 29.8 Å². The SMILES string of the molecule is CC(O)CCOc1cccc(CC(=O)O)c1. The zero-order valence-electron chi connectivity index (χ0n) is 9.22. The third kappa shape index (κ3) is 4.79. The van der Waals surface area contributed by atoms with Crippen molar-refractivity contribution in [2.75, 3.05) is 6.61 Å². The highest BCUT2D eigenvalue weighted by Gasteiger charge is 2.02. The van der Waals surface area contributed by atoms with E-state index in [4.69, 9.17) is 14.9 Å². The predicted molar refractivity (Wildman–Crippen MR) is 59.6 cm³/mol. The smallest absolute Gasteiger partial charge is 0.307 e. The van der Waals surface area contributed by atoms with Gasteiger partial charge in [-0.15, -0.1) is 0 Å². The summed E-state index contributed by atoms with van der Waals surface area (Å²) in [6, 6.07) is 6.98. The third-order valence-corrected chi connectivity index (χ3v) is 2.06. The molecule has 0 amide bonds. The van der Waals surface area contributed by atoms with Crippen LogP contribution >= 0.6 is 0 Å². The van der Waals surface area contributed by atoms with Crippen molar-refractivity contribution in [1.29, 1.82) is 0 Å². The molecule has 0 radical (unpaired) electrons. The Morgan fingerprint density at radius 3 is 2.88 bits per heavy atom. The molecule has 4 heteroatoms. The molecular formula is C12H16O4. The van der Waals surface area contributed by atoms with Gasteiger partial charge in [-0.25, -0.2) is 0 Å². The van der Waals surface area contributed by atoms with Gasteiger partial charge in [0.25, 0.3) is 0 Å². The molecule has 0 saturated carbocycles. The molecule has 0 heterocycles. The number of rotatable bonds is 6. The molecule has 1 aromatic carbocycles. The fourth-order valence-corrected chi connectivity index (χ4v) is 1.27. The number of hydrogen-bond donors (Lipinski definition) is 2. The van der Waals surface area contributed by atoms with Crippen LogP contribution in [-0.2, 0) is 11.2 Å². The lowest BCUT2D eigenvalue weighted by Crippen LogP contribution is -2.07. The lowest BCUT2D eigenvalue weighted by atomic mass is 10.1. The first-order valence-electron chi connectivity index (χ1n) is 5.19. The summed E-state index contributed by atoms with van der Waals surface area (Å²) in [6.07, 6.45) is 0.165. The summed E-state index contributed by atoms with van der Waals surface area (Å²) in [5.74, 6) is -0.222. The minimum atomic E-state index is -0.860. The number of carboxylic acids is 1. The van der Waals surface area contributed by atoms with Gasteiger partial charge in [-0.3, -0.25) is 4.79 Å². The van der Waals surface area contributed by atoms with E-state index in [0.717, 1.165) is 0 Å². The summed E-state index contributed by atoms with van der Waals surface area (Å²) < 4.78 is 5.39. The van der Waals surface area contributed by atoms with E-state index in [0.29, 0.717) is 24.3 Å². The quantitative estimate of drug-likeness (QED) is 0.767. The summed E-state index contributed by atoms with van der Waals surface area (Å²) in [5.41, 5.74) is 0.710. The Balaban J connectivity index is 2.50. The van der Waals surface area contributed by atoms with Crippen molar-refractivity contribution in [1.82, 2.24) is 0 Å². The third-order valence-electron chi connectivity index (χ3n) is 2.06. The van der Waals surface area contributed by atoms with Gasteiger partial charge in [-0.1, -0.05) is 12.1 Å². The molecule has 0 aliphatic rings. The Labute approximate surface area is 94.5 Å². The van der Waals surface area contributed by atoms with Gasteiger partial charge in [-0.2, -0.15) is 0 Å². The molecule has 88 valence electrons. The summed E-state index contributed by atoms with van der Waals surface area (Å²) in [5, 5.41) is 17.7. The summed E-state index contributed by atoms with van der Waals surface area (Å²) in [6.45, 7) is 2.12. The largest absolute Gasteiger partial charge is 0.493 e. The van der Waals surface area contributed by atoms with Crippen molar-refractivity contribution < 1.29 is 19.7 Å². The maximum absolute atomic E-state index is 10.5. The second-order valence-corrected chi connectivity index (χ2v) is 3.70. The highest BCUT2D eigenvalue weighted by molar-refractivity contribution is 5.70. The van der Waals surface area contributed by atoms with Gasteiger partial charge in [0.1, 0.15) is 5.75 Å². The molecule has 0 fully saturated rings. The van der Waals surface area contributed by atoms with Crippen LogP contribution in [0.4, 0.5) is 0 Å². The van der Waals surface area contributed by atoms with Crippen LogP contribution in [0.25, 0.3) is 0 Å². The van der Waals surface area contributed by atoms with Crippen LogP contribution in [0.15, 0.2) is 24.3 Å². The molecule has 16 heavy (non-hydrogen) atoms. The normalized spacial score (nSPS) is 12.1. The first-order valence-corrected chi connectivity index (χ1v) is 5.19. The van der Waals surface area contributed by atoms with Gasteiger partial charge in [-0.05, 0) is 24.6 Å². The molecule has 2 N–H and O–H groups in total. The van der Waals surface area contributed by atoms with Crippen molar-refractivity contribution in [3.63, 3.8) is 0 Å². The van der Waals surface area contributed by atoms with E-state index in [2.05, 4.69) is 0 Å². The number of ether oxygens (including phenoxy) is 1. The fraction of sp³-hybridized carbons (Fsp3) is 0.417. The number of hydrogen-bond acceptors (Lipinski definition) is 3. The molecule has 0 aliphatic carbocycles. The van der Waals surface area contributed by atoms with Crippen molar-refractivity contribution in [2.24, 2.45) is 0 Å². The van der Waals surface area contributed by atoms with Gasteiger partial charge >= 0.3 is 5.97 Å². The number of aliphatic hydroxyl groups is 1. The zero-order chi connectivity index (χ0) is 12.0. The van der Waals surface area contributed by atoms with Gasteiger partial charge in [0.2, 0.25) is 0 Å². The number of carboxylic acid groups (broad SMARTS) is 1. The van der Waals surface area contributed by atoms with Crippen LogP contribution in [0.1, 0.15) is 18.9 Å². The number of carbonyl (C=O) groups is 1. The Bertz CT molecular complexity index is 347. The van der Waals surface area contributed by atoms with E-state index < -0.39 is 5.97 Å². The minimum absolute atomic E-state index is 0.00635. The second-order valence-electron chi connectivity index (χ2n) is 3.70. The van der Waals surface area contributed by atoms with Gasteiger partial charge in [0.05, 0.1) is 19.1 Å². The lowest BCUT2D eigenvalue weighted by molar-refractivity contribution is -0.136. The molecular weight excluding hydrogens is 208 g/mol. The standard InChI is InChI=1S/C12H16O4/c1-9(13)5-6-16-11-4-2-3-10(7-11)8-12(14)15/h2-4,7,9,13H,5-6,8H2,1H3,(H,14,15). The Kier molecular flexibility index (Phi) is 4.79. The molecule has 0 saturated heterocycles. The van der Waals surface area contributed by atoms with E-state index in [-0.39, 0.29) is 12.5 Å². The first-order chi connectivity index (χ1) is 7.58. The highest BCUT2D eigenvalue weighted by atomic mass is 16.5. The maximum atomic E-state index is 10.5. The van der Waals surface area contributed by atoms with Crippen LogP contribution < -0.4 is 4.74 Å². The predicted octanol–water partition coefficient (Wildman–Crippen LogP) is 1.46. The van der Waals surface area contributed by atoms with Crippen LogP contribution in [-0.4, -0.2) is 28.9 Å². The zero-order valence-corrected chi connectivity index (χ0v) is 9.22. The van der Waals surface area contributed by atoms with Crippen LogP contribution in [0, 0.1) is 0 Å². The van der Waals surface area contributed by atoms with Crippen molar-refractivity contribution >= 4 is 5.97 Å². The monoisotopic (exact) mass is 224 g/mol. The average molecular weight is 224 g/mol. The topological polar surface area (TPSA) is 66.8 Å². The van der Waals surface area contributed by atoms with E-state index in [1.165, 1.54) is 0 Å². The molecule has 1 aromatic rings. The Morgan fingerprint density at radius 2 is 2.25 bits per heavy atom. The fourth-order valence-electron chi connectivity index (χ4n) is 1.27. The summed E-state index contributed by atoms with van der Waals surface area (Å²) >= 11 is 0. The van der Waals surface area contributed by atoms with E-state index >= 15 is 0 Å². The molecule has 0 aromatic heterocycles. The number of aliphatic hydroxyl groups excluding tert-OH is 1. The van der Waals surface area contributed by atoms with Crippen LogP contribution in [0.2, 0.25) is 0 Å². The average Bonchev–Trinajstić information content (AvgIpc) is 2.16. The molecule has 4 nitrogen and oxygen atoms in total. The molecule has 0 aliphatic heterocycles. The Morgan fingerprint density at radius 1 is 1.50 bits per heavy atom. The molecule has 0 bridgehead atoms. The molecule has 1 atom stereocenters. The van der Waals surface area contributed by atoms with Crippen molar-refractivity contribution in [3.8, 4) is 5.75 Å². The minimum Gasteiger partial charge on any atom is -0.493 e. The summed E-state index contributed by atoms with van der Waals surface area (Å²) in [7, 11) is 0. The lowest BCUT2D eigenvalue weighted by Gasteiger charge is -2.08. The van der Waals surface area contributed by atoms with Crippen LogP contribution in [0.5, 0.6) is 5.75 Å². The van der Waals surface area contributed by atoms with Gasteiger partial charge < -0.3 is 14.9 Å². The van der Waals surface area contributed by atoms with E-state index in [1.54, 1.807) is 31.2 Å². The van der Waals surface area contributed by atoms with Crippen molar-refractivity contribution in [2.45, 2.75) is 25.9 Å². The van der Waals surface area contributed by atoms with Gasteiger partial charge in [0.15, 0.2) is 0 Å². The second kappa shape index (κ2) is 6.12.